The van der Waals surface area contributed by atoms with E-state index in [0.29, 0.717) is 17.3 Å². The largest absolute Gasteiger partial charge is 0.321 e. The highest BCUT2D eigenvalue weighted by molar-refractivity contribution is 6.06. The lowest BCUT2D eigenvalue weighted by Gasteiger charge is -2.08. The predicted octanol–water partition coefficient (Wildman–Crippen LogP) is 4.07. The number of nitrogens with zero attached hydrogens (tertiary/aromatic N) is 1. The Morgan fingerprint density at radius 1 is 0.828 bits per heavy atom. The van der Waals surface area contributed by atoms with Gasteiger partial charge in [-0.2, -0.15) is 0 Å². The zero-order valence-electron chi connectivity index (χ0n) is 15.2. The summed E-state index contributed by atoms with van der Waals surface area (Å²) in [5.41, 5.74) is 0.441. The van der Waals surface area contributed by atoms with E-state index in [9.17, 15) is 23.2 Å². The summed E-state index contributed by atoms with van der Waals surface area (Å²) in [6.07, 6.45) is 0. The van der Waals surface area contributed by atoms with Crippen LogP contribution in [0.1, 0.15) is 38.3 Å². The Morgan fingerprint density at radius 3 is 2.14 bits per heavy atom. The number of hydrogen-bond donors (Lipinski definition) is 2. The van der Waals surface area contributed by atoms with E-state index in [-0.39, 0.29) is 22.9 Å². The first-order valence-corrected chi connectivity index (χ1v) is 8.49. The van der Waals surface area contributed by atoms with Crippen LogP contribution < -0.4 is 10.6 Å². The average molecular weight is 395 g/mol. The van der Waals surface area contributed by atoms with E-state index in [4.69, 9.17) is 0 Å². The van der Waals surface area contributed by atoms with Crippen LogP contribution in [0.4, 0.5) is 20.2 Å². The second-order valence-corrected chi connectivity index (χ2v) is 6.08. The quantitative estimate of drug-likeness (QED) is 0.638. The van der Waals surface area contributed by atoms with Crippen molar-refractivity contribution in [1.82, 2.24) is 4.98 Å². The number of pyridine rings is 1. The van der Waals surface area contributed by atoms with Crippen molar-refractivity contribution in [3.05, 3.63) is 89.2 Å². The number of anilines is 2. The highest BCUT2D eigenvalue weighted by Crippen LogP contribution is 2.16. The minimum Gasteiger partial charge on any atom is -0.321 e. The van der Waals surface area contributed by atoms with Crippen molar-refractivity contribution in [3.63, 3.8) is 0 Å². The zero-order chi connectivity index (χ0) is 21.0. The minimum absolute atomic E-state index is 0.0505. The van der Waals surface area contributed by atoms with Crippen molar-refractivity contribution in [1.29, 1.82) is 0 Å². The van der Waals surface area contributed by atoms with Gasteiger partial charge in [0, 0.05) is 17.3 Å². The summed E-state index contributed by atoms with van der Waals surface area (Å²) in [4.78, 5) is 40.2. The summed E-state index contributed by atoms with van der Waals surface area (Å²) >= 11 is 0. The van der Waals surface area contributed by atoms with E-state index in [1.165, 1.54) is 31.2 Å². The average Bonchev–Trinajstić information content (AvgIpc) is 2.70. The number of hydrogen-bond acceptors (Lipinski definition) is 4. The van der Waals surface area contributed by atoms with Crippen molar-refractivity contribution >= 4 is 29.0 Å². The van der Waals surface area contributed by atoms with E-state index in [0.717, 1.165) is 12.1 Å². The number of Topliss-reactive ketones (excluding diaryl/α,β-unsaturated/α-hetero) is 1. The molecule has 3 rings (SSSR count). The number of nitrogens with one attached hydrogen (secondary N) is 2. The van der Waals surface area contributed by atoms with Crippen molar-refractivity contribution in [2.24, 2.45) is 0 Å². The molecule has 8 heteroatoms. The van der Waals surface area contributed by atoms with Gasteiger partial charge in [0.15, 0.2) is 5.78 Å². The highest BCUT2D eigenvalue weighted by Gasteiger charge is 2.15. The molecule has 0 atom stereocenters. The normalized spacial score (nSPS) is 10.3. The maximum atomic E-state index is 13.7. The molecule has 0 unspecified atom stereocenters. The molecule has 2 amide bonds. The molecule has 0 bridgehead atoms. The summed E-state index contributed by atoms with van der Waals surface area (Å²) < 4.78 is 26.7. The molecule has 2 N–H and O–H groups in total. The van der Waals surface area contributed by atoms with Crippen molar-refractivity contribution in [2.45, 2.75) is 6.92 Å². The lowest BCUT2D eigenvalue weighted by molar-refractivity contribution is 0.100. The van der Waals surface area contributed by atoms with Crippen LogP contribution in [-0.4, -0.2) is 22.6 Å². The van der Waals surface area contributed by atoms with Crippen molar-refractivity contribution in [3.8, 4) is 0 Å². The molecule has 1 aromatic heterocycles. The SMILES string of the molecule is CC(=O)c1cccc(NC(=O)c2cccc(C(=O)Nc3ccc(F)cc3F)n2)c1. The third-order valence-electron chi connectivity index (χ3n) is 3.92. The molecule has 29 heavy (non-hydrogen) atoms. The van der Waals surface area contributed by atoms with Crippen molar-refractivity contribution in [2.75, 3.05) is 10.6 Å². The summed E-state index contributed by atoms with van der Waals surface area (Å²) in [5.74, 6) is -3.20. The predicted molar refractivity (Wildman–Crippen MR) is 103 cm³/mol. The van der Waals surface area contributed by atoms with Crippen LogP contribution in [0.25, 0.3) is 0 Å². The first-order valence-electron chi connectivity index (χ1n) is 8.49. The fourth-order valence-corrected chi connectivity index (χ4v) is 2.48. The highest BCUT2D eigenvalue weighted by atomic mass is 19.1. The van der Waals surface area contributed by atoms with Crippen LogP contribution in [0, 0.1) is 11.6 Å². The van der Waals surface area contributed by atoms with E-state index >= 15 is 0 Å². The molecule has 3 aromatic rings. The number of carbonyl (C=O) groups excluding carboxylic acids is 3. The van der Waals surface area contributed by atoms with E-state index < -0.39 is 23.4 Å². The second-order valence-electron chi connectivity index (χ2n) is 6.08. The number of rotatable bonds is 5. The molecule has 2 aromatic carbocycles. The third-order valence-corrected chi connectivity index (χ3v) is 3.92. The minimum atomic E-state index is -0.933. The Hall–Kier alpha value is -3.94. The maximum absolute atomic E-state index is 13.7. The molecule has 0 spiro atoms. The van der Waals surface area contributed by atoms with Gasteiger partial charge in [-0.3, -0.25) is 14.4 Å². The number of halogens is 2. The molecule has 6 nitrogen and oxygen atoms in total. The lowest BCUT2D eigenvalue weighted by Crippen LogP contribution is -2.19. The Morgan fingerprint density at radius 2 is 1.48 bits per heavy atom. The zero-order valence-corrected chi connectivity index (χ0v) is 15.2. The van der Waals surface area contributed by atoms with Gasteiger partial charge in [-0.25, -0.2) is 13.8 Å². The molecular formula is C21H15F2N3O3. The lowest BCUT2D eigenvalue weighted by atomic mass is 10.1. The van der Waals surface area contributed by atoms with Gasteiger partial charge in [-0.1, -0.05) is 18.2 Å². The summed E-state index contributed by atoms with van der Waals surface area (Å²) in [7, 11) is 0. The van der Waals surface area contributed by atoms with Crippen LogP contribution in [0.5, 0.6) is 0 Å². The molecular weight excluding hydrogens is 380 g/mol. The van der Waals surface area contributed by atoms with Gasteiger partial charge in [0.25, 0.3) is 11.8 Å². The number of amides is 2. The summed E-state index contributed by atoms with van der Waals surface area (Å²) in [6, 6.07) is 13.3. The first kappa shape index (κ1) is 19.8. The summed E-state index contributed by atoms with van der Waals surface area (Å²) in [5, 5.41) is 4.87. The van der Waals surface area contributed by atoms with Crippen molar-refractivity contribution < 1.29 is 23.2 Å². The Balaban J connectivity index is 1.76. The van der Waals surface area contributed by atoms with Gasteiger partial charge in [0.05, 0.1) is 5.69 Å². The molecule has 0 aliphatic carbocycles. The molecule has 146 valence electrons. The number of ketones is 1. The Bertz CT molecular complexity index is 1120. The van der Waals surface area contributed by atoms with E-state index in [2.05, 4.69) is 15.6 Å². The van der Waals surface area contributed by atoms with Gasteiger partial charge >= 0.3 is 0 Å². The monoisotopic (exact) mass is 395 g/mol. The van der Waals surface area contributed by atoms with E-state index in [1.54, 1.807) is 18.2 Å². The molecule has 0 aliphatic rings. The van der Waals surface area contributed by atoms with Crippen LogP contribution in [0.2, 0.25) is 0 Å². The van der Waals surface area contributed by atoms with Gasteiger partial charge in [-0.05, 0) is 43.3 Å². The molecule has 0 saturated carbocycles. The Kier molecular flexibility index (Phi) is 5.73. The number of benzene rings is 2. The van der Waals surface area contributed by atoms with Gasteiger partial charge in [0.1, 0.15) is 23.0 Å². The summed E-state index contributed by atoms with van der Waals surface area (Å²) in [6.45, 7) is 1.41. The molecule has 0 radical (unpaired) electrons. The fraction of sp³-hybridized carbons (Fsp3) is 0.0476. The number of aromatic nitrogens is 1. The molecule has 0 saturated heterocycles. The fourth-order valence-electron chi connectivity index (χ4n) is 2.48. The van der Waals surface area contributed by atoms with Gasteiger partial charge < -0.3 is 10.6 Å². The van der Waals surface area contributed by atoms with Crippen LogP contribution in [0.15, 0.2) is 60.7 Å². The van der Waals surface area contributed by atoms with Crippen LogP contribution in [0.3, 0.4) is 0 Å². The molecule has 0 fully saturated rings. The number of carbonyl (C=O) groups is 3. The second kappa shape index (κ2) is 8.39. The van der Waals surface area contributed by atoms with Crippen LogP contribution in [-0.2, 0) is 0 Å². The first-order chi connectivity index (χ1) is 13.8. The smallest absolute Gasteiger partial charge is 0.274 e. The maximum Gasteiger partial charge on any atom is 0.274 e. The third kappa shape index (κ3) is 4.86. The Labute approximate surface area is 164 Å². The van der Waals surface area contributed by atoms with E-state index in [1.807, 2.05) is 0 Å². The van der Waals surface area contributed by atoms with Gasteiger partial charge in [-0.15, -0.1) is 0 Å². The topological polar surface area (TPSA) is 88.2 Å². The van der Waals surface area contributed by atoms with Gasteiger partial charge in [0.2, 0.25) is 0 Å². The molecule has 0 aliphatic heterocycles. The van der Waals surface area contributed by atoms with Crippen LogP contribution >= 0.6 is 0 Å². The standard InChI is InChI=1S/C21H15F2N3O3/c1-12(27)13-4-2-5-15(10-13)24-20(28)18-6-3-7-19(25-18)21(29)26-17-9-8-14(22)11-16(17)23/h2-11H,1H3,(H,24,28)(H,26,29). The molecule has 1 heterocycles.